The summed E-state index contributed by atoms with van der Waals surface area (Å²) in [6.07, 6.45) is 0. The monoisotopic (exact) mass is 444 g/mol. The van der Waals surface area contributed by atoms with Crippen LogP contribution in [0.4, 0.5) is 5.69 Å². The molecule has 1 heterocycles. The number of nitrogens with zero attached hydrogens (tertiary/aromatic N) is 1. The average Bonchev–Trinajstić information content (AvgIpc) is 3.08. The molecule has 168 valence electrons. The van der Waals surface area contributed by atoms with Gasteiger partial charge in [-0.25, -0.2) is 0 Å². The third-order valence-electron chi connectivity index (χ3n) is 5.40. The van der Waals surface area contributed by atoms with Crippen LogP contribution in [0.1, 0.15) is 11.1 Å². The molecule has 33 heavy (non-hydrogen) atoms. The maximum absolute atomic E-state index is 13.5. The highest BCUT2D eigenvalue weighted by molar-refractivity contribution is 6.36. The molecule has 1 aliphatic rings. The highest BCUT2D eigenvalue weighted by atomic mass is 16.5. The summed E-state index contributed by atoms with van der Waals surface area (Å²) in [6.45, 7) is 0.165. The van der Waals surface area contributed by atoms with Crippen molar-refractivity contribution in [3.05, 3.63) is 89.6 Å². The van der Waals surface area contributed by atoms with Gasteiger partial charge in [-0.15, -0.1) is 0 Å². The topological polar surface area (TPSA) is 77.1 Å². The van der Waals surface area contributed by atoms with Crippen LogP contribution >= 0.6 is 0 Å². The Labute approximate surface area is 192 Å². The number of imide groups is 1. The number of methoxy groups -OCH3 is 3. The number of hydrogen-bond acceptors (Lipinski definition) is 6. The van der Waals surface area contributed by atoms with E-state index in [4.69, 9.17) is 14.2 Å². The maximum Gasteiger partial charge on any atom is 0.278 e. The molecule has 3 aromatic carbocycles. The second kappa shape index (κ2) is 9.48. The number of benzene rings is 3. The molecule has 0 saturated carbocycles. The number of amides is 2. The van der Waals surface area contributed by atoms with Gasteiger partial charge in [-0.05, 0) is 35.4 Å². The predicted octanol–water partition coefficient (Wildman–Crippen LogP) is 4.10. The van der Waals surface area contributed by atoms with Crippen molar-refractivity contribution in [3.8, 4) is 17.2 Å². The number of hydrogen-bond donors (Lipinski definition) is 1. The van der Waals surface area contributed by atoms with Crippen LogP contribution in [0.25, 0.3) is 5.57 Å². The van der Waals surface area contributed by atoms with E-state index in [9.17, 15) is 9.59 Å². The molecule has 0 spiro atoms. The molecule has 0 aromatic heterocycles. The van der Waals surface area contributed by atoms with Gasteiger partial charge in [0.05, 0.1) is 39.1 Å². The van der Waals surface area contributed by atoms with Crippen molar-refractivity contribution in [2.24, 2.45) is 0 Å². The largest absolute Gasteiger partial charge is 0.497 e. The molecule has 1 aliphatic heterocycles. The van der Waals surface area contributed by atoms with Crippen LogP contribution in [0.3, 0.4) is 0 Å². The quantitative estimate of drug-likeness (QED) is 0.527. The molecular formula is C26H24N2O5. The van der Waals surface area contributed by atoms with Crippen LogP contribution in [-0.2, 0) is 16.1 Å². The van der Waals surface area contributed by atoms with Crippen molar-refractivity contribution in [1.29, 1.82) is 0 Å². The molecule has 0 fully saturated rings. The fourth-order valence-corrected chi connectivity index (χ4v) is 3.67. The molecule has 7 heteroatoms. The lowest BCUT2D eigenvalue weighted by Gasteiger charge is -2.16. The number of anilines is 1. The van der Waals surface area contributed by atoms with Crippen molar-refractivity contribution in [3.63, 3.8) is 0 Å². The van der Waals surface area contributed by atoms with Gasteiger partial charge < -0.3 is 19.5 Å². The third kappa shape index (κ3) is 4.39. The zero-order valence-electron chi connectivity index (χ0n) is 18.6. The van der Waals surface area contributed by atoms with E-state index in [0.29, 0.717) is 28.5 Å². The van der Waals surface area contributed by atoms with E-state index in [1.165, 1.54) is 12.0 Å². The molecule has 3 aromatic rings. The zero-order valence-corrected chi connectivity index (χ0v) is 18.6. The average molecular weight is 444 g/mol. The summed E-state index contributed by atoms with van der Waals surface area (Å²) in [4.78, 5) is 28.2. The van der Waals surface area contributed by atoms with Crippen LogP contribution in [0.15, 0.2) is 78.5 Å². The lowest BCUT2D eigenvalue weighted by atomic mass is 10.0. The molecule has 0 bridgehead atoms. The molecule has 0 radical (unpaired) electrons. The van der Waals surface area contributed by atoms with Gasteiger partial charge in [0.15, 0.2) is 0 Å². The molecule has 7 nitrogen and oxygen atoms in total. The van der Waals surface area contributed by atoms with Gasteiger partial charge in [-0.2, -0.15) is 0 Å². The Hall–Kier alpha value is -4.26. The van der Waals surface area contributed by atoms with Crippen molar-refractivity contribution in [2.45, 2.75) is 6.54 Å². The lowest BCUT2D eigenvalue weighted by molar-refractivity contribution is -0.137. The second-order valence-electron chi connectivity index (χ2n) is 7.35. The van der Waals surface area contributed by atoms with Crippen molar-refractivity contribution in [1.82, 2.24) is 4.90 Å². The first kappa shape index (κ1) is 22.0. The van der Waals surface area contributed by atoms with Gasteiger partial charge in [0, 0.05) is 6.07 Å². The molecular weight excluding hydrogens is 420 g/mol. The Balaban J connectivity index is 1.78. The Morgan fingerprint density at radius 3 is 2.06 bits per heavy atom. The number of carbonyl (C=O) groups excluding carboxylic acids is 2. The first-order valence-corrected chi connectivity index (χ1v) is 10.3. The number of ether oxygens (including phenoxy) is 3. The molecule has 1 N–H and O–H groups in total. The molecule has 4 rings (SSSR count). The minimum atomic E-state index is -0.417. The SMILES string of the molecule is COc1ccc(C2=C(Nc3cc(OC)ccc3OC)C(=O)N(Cc3ccccc3)C2=O)cc1. The Morgan fingerprint density at radius 2 is 1.42 bits per heavy atom. The first-order valence-electron chi connectivity index (χ1n) is 10.3. The number of nitrogens with one attached hydrogen (secondary N) is 1. The van der Waals surface area contributed by atoms with Gasteiger partial charge >= 0.3 is 0 Å². The van der Waals surface area contributed by atoms with Crippen LogP contribution < -0.4 is 19.5 Å². The van der Waals surface area contributed by atoms with Crippen molar-refractivity contribution in [2.75, 3.05) is 26.6 Å². The Bertz CT molecular complexity index is 1200. The summed E-state index contributed by atoms with van der Waals surface area (Å²) >= 11 is 0. The highest BCUT2D eigenvalue weighted by Crippen LogP contribution is 2.36. The zero-order chi connectivity index (χ0) is 23.4. The minimum Gasteiger partial charge on any atom is -0.497 e. The summed E-state index contributed by atoms with van der Waals surface area (Å²) in [5, 5.41) is 3.14. The van der Waals surface area contributed by atoms with Crippen LogP contribution in [-0.4, -0.2) is 38.0 Å². The molecule has 0 unspecified atom stereocenters. The number of rotatable bonds is 8. The Morgan fingerprint density at radius 1 is 0.758 bits per heavy atom. The standard InChI is InChI=1S/C26H24N2O5/c1-31-19-11-9-18(10-12-19)23-24(27-21-15-20(32-2)13-14-22(21)33-3)26(30)28(25(23)29)16-17-7-5-4-6-8-17/h4-15,27H,16H2,1-3H3. The fraction of sp³-hybridized carbons (Fsp3) is 0.154. The van der Waals surface area contributed by atoms with E-state index in [1.54, 1.807) is 56.7 Å². The van der Waals surface area contributed by atoms with E-state index in [1.807, 2.05) is 30.3 Å². The molecule has 0 aliphatic carbocycles. The second-order valence-corrected chi connectivity index (χ2v) is 7.35. The van der Waals surface area contributed by atoms with Crippen LogP contribution in [0, 0.1) is 0 Å². The van der Waals surface area contributed by atoms with Gasteiger partial charge in [0.2, 0.25) is 0 Å². The minimum absolute atomic E-state index is 0.165. The summed E-state index contributed by atoms with van der Waals surface area (Å²) in [7, 11) is 4.66. The smallest absolute Gasteiger partial charge is 0.278 e. The van der Waals surface area contributed by atoms with Gasteiger partial charge in [-0.1, -0.05) is 42.5 Å². The van der Waals surface area contributed by atoms with E-state index in [0.717, 1.165) is 5.56 Å². The Kier molecular flexibility index (Phi) is 6.31. The summed E-state index contributed by atoms with van der Waals surface area (Å²) in [5.41, 5.74) is 2.43. The van der Waals surface area contributed by atoms with Crippen molar-refractivity contribution >= 4 is 23.1 Å². The fourth-order valence-electron chi connectivity index (χ4n) is 3.67. The molecule has 0 atom stereocenters. The normalized spacial score (nSPS) is 13.4. The number of carbonyl (C=O) groups is 2. The van der Waals surface area contributed by atoms with E-state index >= 15 is 0 Å². The maximum atomic E-state index is 13.5. The summed E-state index contributed by atoms with van der Waals surface area (Å²) in [5.74, 6) is 0.959. The van der Waals surface area contributed by atoms with E-state index in [-0.39, 0.29) is 23.7 Å². The summed E-state index contributed by atoms with van der Waals surface area (Å²) < 4.78 is 16.0. The predicted molar refractivity (Wildman–Crippen MR) is 125 cm³/mol. The van der Waals surface area contributed by atoms with Gasteiger partial charge in [0.1, 0.15) is 22.9 Å². The molecule has 0 saturated heterocycles. The van der Waals surface area contributed by atoms with Crippen LogP contribution in [0.5, 0.6) is 17.2 Å². The van der Waals surface area contributed by atoms with E-state index in [2.05, 4.69) is 5.32 Å². The first-order chi connectivity index (χ1) is 16.0. The molecule has 2 amide bonds. The van der Waals surface area contributed by atoms with Crippen molar-refractivity contribution < 1.29 is 23.8 Å². The van der Waals surface area contributed by atoms with E-state index < -0.39 is 5.91 Å². The van der Waals surface area contributed by atoms with Crippen LogP contribution in [0.2, 0.25) is 0 Å². The third-order valence-corrected chi connectivity index (χ3v) is 5.40. The summed E-state index contributed by atoms with van der Waals surface area (Å²) in [6, 6.07) is 21.6. The lowest BCUT2D eigenvalue weighted by Crippen LogP contribution is -2.32. The van der Waals surface area contributed by atoms with Gasteiger partial charge in [-0.3, -0.25) is 14.5 Å². The highest BCUT2D eigenvalue weighted by Gasteiger charge is 2.39. The van der Waals surface area contributed by atoms with Gasteiger partial charge in [0.25, 0.3) is 11.8 Å².